The number of hydrogen-bond acceptors (Lipinski definition) is 5. The Bertz CT molecular complexity index is 1100. The zero-order valence-corrected chi connectivity index (χ0v) is 19.6. The van der Waals surface area contributed by atoms with Crippen molar-refractivity contribution in [2.24, 2.45) is 5.92 Å². The van der Waals surface area contributed by atoms with Gasteiger partial charge in [-0.05, 0) is 67.5 Å². The Kier molecular flexibility index (Phi) is 6.22. The van der Waals surface area contributed by atoms with Gasteiger partial charge in [-0.1, -0.05) is 17.7 Å². The summed E-state index contributed by atoms with van der Waals surface area (Å²) in [6, 6.07) is 13.5. The zero-order valence-electron chi connectivity index (χ0n) is 18.7. The smallest absolute Gasteiger partial charge is 0.242 e. The van der Waals surface area contributed by atoms with Gasteiger partial charge in [-0.15, -0.1) is 11.3 Å². The van der Waals surface area contributed by atoms with E-state index in [1.54, 1.807) is 28.6 Å². The first kappa shape index (κ1) is 21.8. The van der Waals surface area contributed by atoms with Crippen molar-refractivity contribution in [1.82, 2.24) is 9.80 Å². The Morgan fingerprint density at radius 3 is 2.73 bits per heavy atom. The number of fused-ring (bicyclic) bond motifs is 1. The molecule has 7 heteroatoms. The highest BCUT2D eigenvalue weighted by atomic mass is 32.1. The highest BCUT2D eigenvalue weighted by Crippen LogP contribution is 2.35. The van der Waals surface area contributed by atoms with E-state index < -0.39 is 0 Å². The summed E-state index contributed by atoms with van der Waals surface area (Å²) in [6.07, 6.45) is 4.22. The number of rotatable bonds is 8. The summed E-state index contributed by atoms with van der Waals surface area (Å²) in [7, 11) is 0. The van der Waals surface area contributed by atoms with Gasteiger partial charge in [0.05, 0.1) is 18.8 Å². The Labute approximate surface area is 197 Å². The first-order valence-corrected chi connectivity index (χ1v) is 12.3. The van der Waals surface area contributed by atoms with Gasteiger partial charge in [-0.2, -0.15) is 0 Å². The minimum Gasteiger partial charge on any atom is -0.491 e. The Hall–Kier alpha value is -3.06. The minimum atomic E-state index is -0.171. The van der Waals surface area contributed by atoms with Gasteiger partial charge < -0.3 is 19.0 Å². The van der Waals surface area contributed by atoms with Crippen LogP contribution in [0.5, 0.6) is 5.75 Å². The summed E-state index contributed by atoms with van der Waals surface area (Å²) in [4.78, 5) is 31.3. The van der Waals surface area contributed by atoms with Crippen molar-refractivity contribution in [1.29, 1.82) is 0 Å². The maximum Gasteiger partial charge on any atom is 0.242 e. The Balaban J connectivity index is 1.32. The molecule has 5 rings (SSSR count). The standard InChI is InChI=1S/C26H28N2O4S/c1-18-4-8-20(9-5-18)32-17-23-22-11-14-33-24(22)10-12-28(23)25(29)16-27(26(30)19-6-7-19)15-21-3-2-13-31-21/h2-5,8-9,11,13-14,19,23H,6-7,10,12,15-17H2,1H3/t23-/m1/s1. The third-order valence-electron chi connectivity index (χ3n) is 6.34. The molecule has 6 nitrogen and oxygen atoms in total. The average Bonchev–Trinajstić information content (AvgIpc) is 3.33. The molecule has 1 atom stereocenters. The van der Waals surface area contributed by atoms with Crippen LogP contribution < -0.4 is 4.74 Å². The minimum absolute atomic E-state index is 0.0401. The maximum absolute atomic E-state index is 13.5. The highest BCUT2D eigenvalue weighted by Gasteiger charge is 2.37. The van der Waals surface area contributed by atoms with Gasteiger partial charge in [0.1, 0.15) is 24.7 Å². The van der Waals surface area contributed by atoms with Crippen LogP contribution >= 0.6 is 11.3 Å². The van der Waals surface area contributed by atoms with E-state index >= 15 is 0 Å². The third kappa shape index (κ3) is 4.98. The summed E-state index contributed by atoms with van der Waals surface area (Å²) in [6.45, 7) is 3.42. The number of carbonyl (C=O) groups excluding carboxylic acids is 2. The summed E-state index contributed by atoms with van der Waals surface area (Å²) < 4.78 is 11.6. The highest BCUT2D eigenvalue weighted by molar-refractivity contribution is 7.10. The van der Waals surface area contributed by atoms with Gasteiger partial charge in [-0.25, -0.2) is 0 Å². The van der Waals surface area contributed by atoms with E-state index in [1.165, 1.54) is 10.4 Å². The van der Waals surface area contributed by atoms with Gasteiger partial charge >= 0.3 is 0 Å². The van der Waals surface area contributed by atoms with Crippen molar-refractivity contribution in [2.75, 3.05) is 19.7 Å². The van der Waals surface area contributed by atoms with E-state index in [0.717, 1.165) is 30.6 Å². The van der Waals surface area contributed by atoms with Gasteiger partial charge in [0.2, 0.25) is 11.8 Å². The number of nitrogens with zero attached hydrogens (tertiary/aromatic N) is 2. The van der Waals surface area contributed by atoms with E-state index in [2.05, 4.69) is 11.4 Å². The first-order chi connectivity index (χ1) is 16.1. The van der Waals surface area contributed by atoms with Gasteiger partial charge in [0.15, 0.2) is 0 Å². The van der Waals surface area contributed by atoms with Crippen LogP contribution in [0.3, 0.4) is 0 Å². The summed E-state index contributed by atoms with van der Waals surface area (Å²) in [5.74, 6) is 1.51. The number of aryl methyl sites for hydroxylation is 1. The SMILES string of the molecule is Cc1ccc(OC[C@@H]2c3ccsc3CCN2C(=O)CN(Cc2ccco2)C(=O)C2CC2)cc1. The largest absolute Gasteiger partial charge is 0.491 e. The molecule has 0 saturated heterocycles. The fraction of sp³-hybridized carbons (Fsp3) is 0.385. The number of ether oxygens (including phenoxy) is 1. The van der Waals surface area contributed by atoms with Crippen LogP contribution in [0.1, 0.15) is 40.6 Å². The molecule has 2 amide bonds. The van der Waals surface area contributed by atoms with Crippen LogP contribution in [0.15, 0.2) is 58.5 Å². The molecule has 1 aromatic carbocycles. The molecule has 0 radical (unpaired) electrons. The summed E-state index contributed by atoms with van der Waals surface area (Å²) in [5.41, 5.74) is 2.33. The number of amides is 2. The molecule has 1 aliphatic heterocycles. The van der Waals surface area contributed by atoms with Crippen molar-refractivity contribution in [3.05, 3.63) is 75.9 Å². The fourth-order valence-corrected chi connectivity index (χ4v) is 5.26. The van der Waals surface area contributed by atoms with Crippen LogP contribution in [0.25, 0.3) is 0 Å². The van der Waals surface area contributed by atoms with Crippen molar-refractivity contribution in [3.8, 4) is 5.75 Å². The van der Waals surface area contributed by atoms with E-state index in [1.807, 2.05) is 42.2 Å². The molecule has 0 N–H and O–H groups in total. The lowest BCUT2D eigenvalue weighted by atomic mass is 10.0. The second-order valence-corrected chi connectivity index (χ2v) is 9.82. The number of benzene rings is 1. The van der Waals surface area contributed by atoms with Gasteiger partial charge in [0.25, 0.3) is 0 Å². The van der Waals surface area contributed by atoms with Gasteiger partial charge in [0, 0.05) is 17.3 Å². The summed E-state index contributed by atoms with van der Waals surface area (Å²) in [5, 5.41) is 2.08. The molecule has 172 valence electrons. The number of thiophene rings is 1. The van der Waals surface area contributed by atoms with Gasteiger partial charge in [-0.3, -0.25) is 9.59 Å². The number of hydrogen-bond donors (Lipinski definition) is 0. The monoisotopic (exact) mass is 464 g/mol. The molecule has 0 bridgehead atoms. The molecule has 0 unspecified atom stereocenters. The Morgan fingerprint density at radius 2 is 2.00 bits per heavy atom. The molecular formula is C26H28N2O4S. The van der Waals surface area contributed by atoms with Crippen LogP contribution in [-0.4, -0.2) is 41.3 Å². The quantitative estimate of drug-likeness (QED) is 0.489. The van der Waals surface area contributed by atoms with Crippen LogP contribution in [0, 0.1) is 12.8 Å². The molecule has 2 aliphatic rings. The predicted octanol–water partition coefficient (Wildman–Crippen LogP) is 4.59. The Morgan fingerprint density at radius 1 is 1.18 bits per heavy atom. The van der Waals surface area contributed by atoms with Crippen LogP contribution in [0.4, 0.5) is 0 Å². The van der Waals surface area contributed by atoms with Crippen molar-refractivity contribution in [3.63, 3.8) is 0 Å². The summed E-state index contributed by atoms with van der Waals surface area (Å²) >= 11 is 1.73. The second kappa shape index (κ2) is 9.43. The topological polar surface area (TPSA) is 63.0 Å². The lowest BCUT2D eigenvalue weighted by Crippen LogP contribution is -2.47. The number of furan rings is 1. The average molecular weight is 465 g/mol. The maximum atomic E-state index is 13.5. The molecule has 3 aromatic rings. The molecule has 0 spiro atoms. The van der Waals surface area contributed by atoms with Crippen LogP contribution in [-0.2, 0) is 22.6 Å². The van der Waals surface area contributed by atoms with Crippen LogP contribution in [0.2, 0.25) is 0 Å². The van der Waals surface area contributed by atoms with E-state index in [0.29, 0.717) is 25.5 Å². The fourth-order valence-electron chi connectivity index (χ4n) is 4.33. The lowest BCUT2D eigenvalue weighted by Gasteiger charge is -2.37. The lowest BCUT2D eigenvalue weighted by molar-refractivity contribution is -0.144. The van der Waals surface area contributed by atoms with Crippen molar-refractivity contribution >= 4 is 23.2 Å². The molecule has 3 heterocycles. The normalized spacial score (nSPS) is 17.5. The third-order valence-corrected chi connectivity index (χ3v) is 7.33. The molecule has 1 aliphatic carbocycles. The van der Waals surface area contributed by atoms with Crippen molar-refractivity contribution < 1.29 is 18.7 Å². The van der Waals surface area contributed by atoms with Crippen molar-refractivity contribution in [2.45, 2.75) is 38.8 Å². The zero-order chi connectivity index (χ0) is 22.8. The van der Waals surface area contributed by atoms with E-state index in [4.69, 9.17) is 9.15 Å². The van der Waals surface area contributed by atoms with E-state index in [-0.39, 0.29) is 30.3 Å². The molecule has 1 saturated carbocycles. The predicted molar refractivity (Wildman–Crippen MR) is 126 cm³/mol. The second-order valence-electron chi connectivity index (χ2n) is 8.82. The number of carbonyl (C=O) groups is 2. The van der Waals surface area contributed by atoms with E-state index in [9.17, 15) is 9.59 Å². The first-order valence-electron chi connectivity index (χ1n) is 11.4. The molecule has 33 heavy (non-hydrogen) atoms. The molecule has 2 aromatic heterocycles. The molecular weight excluding hydrogens is 436 g/mol. The molecule has 1 fully saturated rings.